The molecule has 2 aromatic rings. The molecule has 9 heteroatoms. The number of likely N-dealkylation sites (tertiary alicyclic amines) is 1. The minimum Gasteiger partial charge on any atom is -0.493 e. The van der Waals surface area contributed by atoms with E-state index in [-0.39, 0.29) is 24.3 Å². The Morgan fingerprint density at radius 1 is 1.23 bits per heavy atom. The summed E-state index contributed by atoms with van der Waals surface area (Å²) in [5.74, 6) is 1.43. The van der Waals surface area contributed by atoms with Crippen molar-refractivity contribution < 1.29 is 19.1 Å². The van der Waals surface area contributed by atoms with Gasteiger partial charge in [-0.15, -0.1) is 5.10 Å². The van der Waals surface area contributed by atoms with Crippen molar-refractivity contribution in [2.75, 3.05) is 33.9 Å². The number of piperidine rings is 1. The summed E-state index contributed by atoms with van der Waals surface area (Å²) in [4.78, 5) is 27.0. The summed E-state index contributed by atoms with van der Waals surface area (Å²) in [6.45, 7) is 5.91. The third-order valence-corrected chi connectivity index (χ3v) is 5.34. The first kappa shape index (κ1) is 22.6. The molecule has 1 atom stereocenters. The van der Waals surface area contributed by atoms with Gasteiger partial charge in [0.2, 0.25) is 5.91 Å². The van der Waals surface area contributed by atoms with Gasteiger partial charge in [-0.3, -0.25) is 9.59 Å². The van der Waals surface area contributed by atoms with Crippen molar-refractivity contribution in [3.63, 3.8) is 0 Å². The van der Waals surface area contributed by atoms with Crippen LogP contribution in [-0.2, 0) is 11.2 Å². The molecule has 2 amide bonds. The van der Waals surface area contributed by atoms with Gasteiger partial charge in [0.15, 0.2) is 17.2 Å². The van der Waals surface area contributed by atoms with Gasteiger partial charge < -0.3 is 19.7 Å². The van der Waals surface area contributed by atoms with Crippen molar-refractivity contribution in [3.05, 3.63) is 35.7 Å². The average molecular weight is 430 g/mol. The maximum Gasteiger partial charge on any atom is 0.273 e. The molecule has 0 unspecified atom stereocenters. The Hall–Kier alpha value is -3.10. The molecular weight excluding hydrogens is 398 g/mol. The molecule has 0 aliphatic carbocycles. The summed E-state index contributed by atoms with van der Waals surface area (Å²) >= 11 is 0. The maximum absolute atomic E-state index is 12.9. The second-order valence-electron chi connectivity index (χ2n) is 8.19. The van der Waals surface area contributed by atoms with Crippen LogP contribution in [0.15, 0.2) is 24.4 Å². The Morgan fingerprint density at radius 2 is 2.00 bits per heavy atom. The van der Waals surface area contributed by atoms with Crippen LogP contribution in [0.4, 0.5) is 0 Å². The highest BCUT2D eigenvalue weighted by atomic mass is 16.5. The summed E-state index contributed by atoms with van der Waals surface area (Å²) in [5.41, 5.74) is 1.17. The number of carbonyl (C=O) groups is 2. The van der Waals surface area contributed by atoms with Crippen LogP contribution in [0.3, 0.4) is 0 Å². The first-order valence-corrected chi connectivity index (χ1v) is 10.6. The molecule has 9 nitrogen and oxygen atoms in total. The molecule has 1 fully saturated rings. The Bertz CT molecular complexity index is 911. The lowest BCUT2D eigenvalue weighted by Crippen LogP contribution is -2.41. The lowest BCUT2D eigenvalue weighted by atomic mass is 10.0. The van der Waals surface area contributed by atoms with Crippen molar-refractivity contribution >= 4 is 11.8 Å². The average Bonchev–Trinajstić information content (AvgIpc) is 3.28. The van der Waals surface area contributed by atoms with Gasteiger partial charge in [-0.05, 0) is 36.5 Å². The van der Waals surface area contributed by atoms with E-state index in [1.54, 1.807) is 25.1 Å². The lowest BCUT2D eigenvalue weighted by molar-refractivity contribution is -0.132. The fraction of sp³-hybridized carbons (Fsp3) is 0.545. The number of nitrogens with one attached hydrogen (secondary N) is 1. The van der Waals surface area contributed by atoms with Crippen molar-refractivity contribution in [2.45, 2.75) is 39.2 Å². The van der Waals surface area contributed by atoms with Crippen LogP contribution in [-0.4, -0.2) is 65.6 Å². The van der Waals surface area contributed by atoms with Crippen LogP contribution in [0.1, 0.15) is 48.8 Å². The number of aromatic nitrogens is 3. The molecule has 0 bridgehead atoms. The largest absolute Gasteiger partial charge is 0.493 e. The van der Waals surface area contributed by atoms with E-state index in [4.69, 9.17) is 9.47 Å². The van der Waals surface area contributed by atoms with Gasteiger partial charge in [0.25, 0.3) is 5.91 Å². The lowest BCUT2D eigenvalue weighted by Gasteiger charge is -2.32. The fourth-order valence-corrected chi connectivity index (χ4v) is 3.62. The summed E-state index contributed by atoms with van der Waals surface area (Å²) in [6, 6.07) is 5.52. The van der Waals surface area contributed by atoms with Gasteiger partial charge in [0, 0.05) is 19.6 Å². The molecule has 3 rings (SSSR count). The third kappa shape index (κ3) is 5.74. The minimum atomic E-state index is -0.225. The SMILES string of the molecule is COc1ccc(CC(=O)N2CCC[C@@H](n3cc(C(=O)NCC(C)C)nn3)C2)cc1OC. The van der Waals surface area contributed by atoms with E-state index in [0.29, 0.717) is 42.7 Å². The maximum atomic E-state index is 12.9. The molecule has 168 valence electrons. The number of methoxy groups -OCH3 is 2. The smallest absolute Gasteiger partial charge is 0.273 e. The summed E-state index contributed by atoms with van der Waals surface area (Å²) in [7, 11) is 3.16. The van der Waals surface area contributed by atoms with Crippen LogP contribution in [0, 0.1) is 5.92 Å². The van der Waals surface area contributed by atoms with Crippen molar-refractivity contribution in [3.8, 4) is 11.5 Å². The van der Waals surface area contributed by atoms with Crippen molar-refractivity contribution in [1.82, 2.24) is 25.2 Å². The van der Waals surface area contributed by atoms with Gasteiger partial charge >= 0.3 is 0 Å². The Kier molecular flexibility index (Phi) is 7.49. The molecule has 1 aliphatic rings. The predicted molar refractivity (Wildman–Crippen MR) is 115 cm³/mol. The second-order valence-corrected chi connectivity index (χ2v) is 8.19. The summed E-state index contributed by atoms with van der Waals surface area (Å²) in [6.07, 6.45) is 3.71. The van der Waals surface area contributed by atoms with Gasteiger partial charge in [-0.25, -0.2) is 4.68 Å². The Balaban J connectivity index is 1.61. The molecule has 31 heavy (non-hydrogen) atoms. The summed E-state index contributed by atoms with van der Waals surface area (Å²) < 4.78 is 12.3. The van der Waals surface area contributed by atoms with E-state index in [2.05, 4.69) is 15.6 Å². The van der Waals surface area contributed by atoms with E-state index < -0.39 is 0 Å². The quantitative estimate of drug-likeness (QED) is 0.690. The zero-order valence-electron chi connectivity index (χ0n) is 18.6. The molecule has 2 heterocycles. The van der Waals surface area contributed by atoms with E-state index >= 15 is 0 Å². The monoisotopic (exact) mass is 429 g/mol. The van der Waals surface area contributed by atoms with E-state index in [1.807, 2.05) is 36.9 Å². The van der Waals surface area contributed by atoms with E-state index in [9.17, 15) is 9.59 Å². The molecule has 1 aromatic carbocycles. The van der Waals surface area contributed by atoms with E-state index in [0.717, 1.165) is 18.4 Å². The van der Waals surface area contributed by atoms with Crippen LogP contribution in [0.5, 0.6) is 11.5 Å². The molecule has 1 aromatic heterocycles. The van der Waals surface area contributed by atoms with Crippen LogP contribution < -0.4 is 14.8 Å². The van der Waals surface area contributed by atoms with Gasteiger partial charge in [-0.2, -0.15) is 0 Å². The van der Waals surface area contributed by atoms with Gasteiger partial charge in [0.05, 0.1) is 32.9 Å². The highest BCUT2D eigenvalue weighted by Crippen LogP contribution is 2.28. The van der Waals surface area contributed by atoms with Gasteiger partial charge in [0.1, 0.15) is 0 Å². The number of hydrogen-bond acceptors (Lipinski definition) is 6. The molecular formula is C22H31N5O4. The standard InChI is InChI=1S/C22H31N5O4/c1-15(2)12-23-22(29)18-14-27(25-24-18)17-6-5-9-26(13-17)21(28)11-16-7-8-19(30-3)20(10-16)31-4/h7-8,10,14-15,17H,5-6,9,11-13H2,1-4H3,(H,23,29)/t17-/m1/s1. The van der Waals surface area contributed by atoms with Crippen molar-refractivity contribution in [1.29, 1.82) is 0 Å². The first-order chi connectivity index (χ1) is 14.9. The van der Waals surface area contributed by atoms with Gasteiger partial charge in [-0.1, -0.05) is 25.1 Å². The number of nitrogens with zero attached hydrogens (tertiary/aromatic N) is 4. The first-order valence-electron chi connectivity index (χ1n) is 10.6. The van der Waals surface area contributed by atoms with Crippen molar-refractivity contribution in [2.24, 2.45) is 5.92 Å². The predicted octanol–water partition coefficient (Wildman–Crippen LogP) is 2.09. The molecule has 1 saturated heterocycles. The summed E-state index contributed by atoms with van der Waals surface area (Å²) in [5, 5.41) is 11.0. The normalized spacial score (nSPS) is 16.3. The number of ether oxygens (including phenoxy) is 2. The topological polar surface area (TPSA) is 98.6 Å². The molecule has 1 aliphatic heterocycles. The minimum absolute atomic E-state index is 0.00209. The number of rotatable bonds is 8. The number of hydrogen-bond donors (Lipinski definition) is 1. The second kappa shape index (κ2) is 10.3. The number of carbonyl (C=O) groups excluding carboxylic acids is 2. The molecule has 0 spiro atoms. The highest BCUT2D eigenvalue weighted by molar-refractivity contribution is 5.91. The van der Waals surface area contributed by atoms with E-state index in [1.165, 1.54) is 0 Å². The van der Waals surface area contributed by atoms with Crippen LogP contribution in [0.2, 0.25) is 0 Å². The van der Waals surface area contributed by atoms with Crippen LogP contribution in [0.25, 0.3) is 0 Å². The number of amides is 2. The third-order valence-electron chi connectivity index (χ3n) is 5.34. The zero-order valence-corrected chi connectivity index (χ0v) is 18.6. The molecule has 0 saturated carbocycles. The fourth-order valence-electron chi connectivity index (χ4n) is 3.62. The molecule has 0 radical (unpaired) electrons. The molecule has 1 N–H and O–H groups in total. The Labute approximate surface area is 182 Å². The number of benzene rings is 1. The Morgan fingerprint density at radius 3 is 2.71 bits per heavy atom. The highest BCUT2D eigenvalue weighted by Gasteiger charge is 2.26. The zero-order chi connectivity index (χ0) is 22.4. The van der Waals surface area contributed by atoms with Crippen LogP contribution >= 0.6 is 0 Å².